The first-order valence-electron chi connectivity index (χ1n) is 31.9. The zero-order valence-corrected chi connectivity index (χ0v) is 49.1. The number of carbonyl (C=O) groups excluding carboxylic acids is 3. The fourth-order valence-electron chi connectivity index (χ4n) is 9.17. The first kappa shape index (κ1) is 70.8. The Hall–Kier alpha value is -3.15. The Morgan fingerprint density at radius 2 is 0.527 bits per heavy atom. The van der Waals surface area contributed by atoms with E-state index in [0.717, 1.165) is 96.3 Å². The minimum Gasteiger partial charge on any atom is -0.462 e. The third-order valence-corrected chi connectivity index (χ3v) is 13.9. The molecule has 0 heterocycles. The van der Waals surface area contributed by atoms with E-state index in [4.69, 9.17) is 14.2 Å². The Bertz CT molecular complexity index is 1370. The molecule has 0 N–H and O–H groups in total. The van der Waals surface area contributed by atoms with E-state index in [0.29, 0.717) is 19.3 Å². The smallest absolute Gasteiger partial charge is 0.306 e. The lowest BCUT2D eigenvalue weighted by atomic mass is 10.0. The average Bonchev–Trinajstić information content (AvgIpc) is 3.40. The van der Waals surface area contributed by atoms with E-state index < -0.39 is 6.10 Å². The predicted molar refractivity (Wildman–Crippen MR) is 321 cm³/mol. The molecular weight excluding hydrogens is 913 g/mol. The van der Waals surface area contributed by atoms with Crippen molar-refractivity contribution in [3.8, 4) is 0 Å². The Morgan fingerprint density at radius 1 is 0.284 bits per heavy atom. The standard InChI is InChI=1S/C68H120O6/c1-4-7-10-13-16-19-21-23-25-27-29-30-31-32-33-34-35-36-37-38-40-41-43-45-47-49-52-55-58-61-67(70)73-64-65(63-72-66(69)60-57-54-51-18-15-12-9-6-3)74-68(71)62-59-56-53-50-48-46-44-42-39-28-26-24-22-20-17-14-11-8-5-2/h8,11,17,20,24,26-27,29,39,42,46,48,65H,4-7,9-10,12-16,18-19,21-23,25,28,30-38,40-41,43-45,47,49-64H2,1-3H3/b11-8-,20-17-,26-24-,29-27-,42-39-,48-46-. The van der Waals surface area contributed by atoms with Crippen molar-refractivity contribution in [2.24, 2.45) is 0 Å². The maximum absolute atomic E-state index is 12.8. The SMILES string of the molecule is CC/C=C\C/C=C\C/C=C\C/C=C\C/C=C\CCCCCC(=O)OC(COC(=O)CCCCCCCCCC)COC(=O)CCCCCCCCCCCCCCCCCCC/C=C\CCCCCCCCCC. The van der Waals surface area contributed by atoms with E-state index in [1.54, 1.807) is 0 Å². The second-order valence-electron chi connectivity index (χ2n) is 21.3. The molecule has 0 aliphatic rings. The Morgan fingerprint density at radius 3 is 0.851 bits per heavy atom. The molecule has 6 nitrogen and oxygen atoms in total. The van der Waals surface area contributed by atoms with Gasteiger partial charge < -0.3 is 14.2 Å². The van der Waals surface area contributed by atoms with Crippen LogP contribution < -0.4 is 0 Å². The lowest BCUT2D eigenvalue weighted by molar-refractivity contribution is -0.167. The van der Waals surface area contributed by atoms with Crippen LogP contribution in [-0.4, -0.2) is 37.2 Å². The van der Waals surface area contributed by atoms with Crippen LogP contribution in [0, 0.1) is 0 Å². The van der Waals surface area contributed by atoms with Crippen molar-refractivity contribution in [3.63, 3.8) is 0 Å². The number of rotatable bonds is 58. The third kappa shape index (κ3) is 59.7. The second-order valence-corrected chi connectivity index (χ2v) is 21.3. The maximum Gasteiger partial charge on any atom is 0.306 e. The summed E-state index contributed by atoms with van der Waals surface area (Å²) in [4.78, 5) is 38.1. The molecule has 428 valence electrons. The first-order valence-corrected chi connectivity index (χ1v) is 31.9. The molecular formula is C68H120O6. The summed E-state index contributed by atoms with van der Waals surface area (Å²) in [5.74, 6) is -0.911. The number of carbonyl (C=O) groups is 3. The summed E-state index contributed by atoms with van der Waals surface area (Å²) in [6, 6.07) is 0. The molecule has 6 heteroatoms. The maximum atomic E-state index is 12.8. The molecule has 0 bridgehead atoms. The Balaban J connectivity index is 4.14. The highest BCUT2D eigenvalue weighted by atomic mass is 16.6. The molecule has 0 radical (unpaired) electrons. The van der Waals surface area contributed by atoms with Crippen molar-refractivity contribution < 1.29 is 28.6 Å². The second kappa shape index (κ2) is 62.4. The molecule has 1 atom stereocenters. The van der Waals surface area contributed by atoms with Gasteiger partial charge in [-0.2, -0.15) is 0 Å². The van der Waals surface area contributed by atoms with Crippen LogP contribution in [0.25, 0.3) is 0 Å². The molecule has 0 aromatic heterocycles. The molecule has 0 amide bonds. The molecule has 0 aromatic carbocycles. The van der Waals surface area contributed by atoms with Gasteiger partial charge in [0.1, 0.15) is 13.2 Å². The summed E-state index contributed by atoms with van der Waals surface area (Å²) in [5, 5.41) is 0. The van der Waals surface area contributed by atoms with Gasteiger partial charge in [-0.05, 0) is 89.9 Å². The number of esters is 3. The van der Waals surface area contributed by atoms with E-state index in [2.05, 4.69) is 93.7 Å². The van der Waals surface area contributed by atoms with E-state index in [1.165, 1.54) is 186 Å². The zero-order chi connectivity index (χ0) is 53.6. The monoisotopic (exact) mass is 1030 g/mol. The lowest BCUT2D eigenvalue weighted by Crippen LogP contribution is -2.30. The van der Waals surface area contributed by atoms with Crippen LogP contribution >= 0.6 is 0 Å². The van der Waals surface area contributed by atoms with Crippen LogP contribution in [0.2, 0.25) is 0 Å². The number of hydrogen-bond donors (Lipinski definition) is 0. The highest BCUT2D eigenvalue weighted by molar-refractivity contribution is 5.71. The number of unbranched alkanes of at least 4 members (excludes halogenated alkanes) is 35. The van der Waals surface area contributed by atoms with Crippen LogP contribution in [0.1, 0.15) is 323 Å². The van der Waals surface area contributed by atoms with Gasteiger partial charge in [0, 0.05) is 19.3 Å². The van der Waals surface area contributed by atoms with E-state index in [9.17, 15) is 14.4 Å². The van der Waals surface area contributed by atoms with Gasteiger partial charge in [-0.15, -0.1) is 0 Å². The predicted octanol–water partition coefficient (Wildman–Crippen LogP) is 21.7. The molecule has 1 unspecified atom stereocenters. The third-order valence-electron chi connectivity index (χ3n) is 13.9. The molecule has 0 fully saturated rings. The summed E-state index contributed by atoms with van der Waals surface area (Å²) < 4.78 is 16.8. The zero-order valence-electron chi connectivity index (χ0n) is 49.1. The molecule has 0 rings (SSSR count). The van der Waals surface area contributed by atoms with Gasteiger partial charge in [-0.3, -0.25) is 14.4 Å². The Kier molecular flexibility index (Phi) is 59.7. The summed E-state index contributed by atoms with van der Waals surface area (Å²) in [5.41, 5.74) is 0. The fourth-order valence-corrected chi connectivity index (χ4v) is 9.17. The molecule has 0 aliphatic heterocycles. The molecule has 0 spiro atoms. The average molecular weight is 1030 g/mol. The number of allylic oxidation sites excluding steroid dienone is 12. The van der Waals surface area contributed by atoms with Gasteiger partial charge in [0.2, 0.25) is 0 Å². The van der Waals surface area contributed by atoms with Crippen molar-refractivity contribution in [1.82, 2.24) is 0 Å². The van der Waals surface area contributed by atoms with Crippen LogP contribution in [0.5, 0.6) is 0 Å². The molecule has 0 saturated heterocycles. The van der Waals surface area contributed by atoms with E-state index in [-0.39, 0.29) is 31.1 Å². The molecule has 0 saturated carbocycles. The van der Waals surface area contributed by atoms with Gasteiger partial charge >= 0.3 is 17.9 Å². The van der Waals surface area contributed by atoms with Crippen LogP contribution in [0.4, 0.5) is 0 Å². The van der Waals surface area contributed by atoms with Crippen LogP contribution in [-0.2, 0) is 28.6 Å². The summed E-state index contributed by atoms with van der Waals surface area (Å²) >= 11 is 0. The number of ether oxygens (including phenoxy) is 3. The topological polar surface area (TPSA) is 78.9 Å². The van der Waals surface area contributed by atoms with Crippen molar-refractivity contribution in [1.29, 1.82) is 0 Å². The molecule has 74 heavy (non-hydrogen) atoms. The van der Waals surface area contributed by atoms with Crippen molar-refractivity contribution in [3.05, 3.63) is 72.9 Å². The minimum absolute atomic E-state index is 0.0859. The minimum atomic E-state index is -0.790. The Labute approximate surface area is 459 Å². The van der Waals surface area contributed by atoms with Gasteiger partial charge in [-0.1, -0.05) is 286 Å². The van der Waals surface area contributed by atoms with E-state index in [1.807, 2.05) is 0 Å². The number of hydrogen-bond acceptors (Lipinski definition) is 6. The largest absolute Gasteiger partial charge is 0.462 e. The highest BCUT2D eigenvalue weighted by Crippen LogP contribution is 2.17. The quantitative estimate of drug-likeness (QED) is 0.0261. The van der Waals surface area contributed by atoms with Gasteiger partial charge in [0.05, 0.1) is 0 Å². The van der Waals surface area contributed by atoms with Gasteiger partial charge in [0.15, 0.2) is 6.10 Å². The van der Waals surface area contributed by atoms with Crippen LogP contribution in [0.3, 0.4) is 0 Å². The van der Waals surface area contributed by atoms with Crippen molar-refractivity contribution in [2.45, 2.75) is 329 Å². The normalized spacial score (nSPS) is 12.5. The molecule has 0 aromatic rings. The summed E-state index contributed by atoms with van der Waals surface area (Å²) in [6.07, 6.45) is 80.8. The molecule has 0 aliphatic carbocycles. The summed E-state index contributed by atoms with van der Waals surface area (Å²) in [6.45, 7) is 6.50. The lowest BCUT2D eigenvalue weighted by Gasteiger charge is -2.18. The van der Waals surface area contributed by atoms with Crippen LogP contribution in [0.15, 0.2) is 72.9 Å². The van der Waals surface area contributed by atoms with Gasteiger partial charge in [-0.25, -0.2) is 0 Å². The summed E-state index contributed by atoms with van der Waals surface area (Å²) in [7, 11) is 0. The fraction of sp³-hybridized carbons (Fsp3) is 0.779. The van der Waals surface area contributed by atoms with E-state index >= 15 is 0 Å². The highest BCUT2D eigenvalue weighted by Gasteiger charge is 2.19. The van der Waals surface area contributed by atoms with Crippen molar-refractivity contribution >= 4 is 17.9 Å². The van der Waals surface area contributed by atoms with Crippen molar-refractivity contribution in [2.75, 3.05) is 13.2 Å². The van der Waals surface area contributed by atoms with Gasteiger partial charge in [0.25, 0.3) is 0 Å². The first-order chi connectivity index (χ1) is 36.5.